The van der Waals surface area contributed by atoms with Crippen LogP contribution < -0.4 is 15.5 Å². The van der Waals surface area contributed by atoms with Gasteiger partial charge in [0.15, 0.2) is 10.9 Å². The molecule has 0 bridgehead atoms. The zero-order valence-electron chi connectivity index (χ0n) is 18.3. The quantitative estimate of drug-likeness (QED) is 0.208. The molecule has 0 aliphatic rings. The van der Waals surface area contributed by atoms with Crippen molar-refractivity contribution in [3.8, 4) is 17.0 Å². The van der Waals surface area contributed by atoms with Gasteiger partial charge in [-0.25, -0.2) is 10.4 Å². The molecule has 1 aromatic heterocycles. The molecule has 1 amide bonds. The third-order valence-corrected chi connectivity index (χ3v) is 6.17. The highest BCUT2D eigenvalue weighted by Crippen LogP contribution is 2.33. The van der Waals surface area contributed by atoms with E-state index in [0.29, 0.717) is 26.9 Å². The highest BCUT2D eigenvalue weighted by molar-refractivity contribution is 7.14. The molecule has 0 saturated carbocycles. The van der Waals surface area contributed by atoms with Gasteiger partial charge in [0.25, 0.3) is 5.91 Å². The summed E-state index contributed by atoms with van der Waals surface area (Å²) in [5.41, 5.74) is 7.53. The number of amides is 1. The summed E-state index contributed by atoms with van der Waals surface area (Å²) in [6, 6.07) is 18.6. The molecule has 0 radical (unpaired) electrons. The van der Waals surface area contributed by atoms with Crippen LogP contribution in [0.5, 0.6) is 5.75 Å². The summed E-state index contributed by atoms with van der Waals surface area (Å²) >= 11 is 13.8. The minimum absolute atomic E-state index is 0.339. The van der Waals surface area contributed by atoms with Crippen molar-refractivity contribution in [3.63, 3.8) is 0 Å². The Morgan fingerprint density at radius 2 is 1.74 bits per heavy atom. The van der Waals surface area contributed by atoms with Gasteiger partial charge < -0.3 is 10.1 Å². The van der Waals surface area contributed by atoms with Crippen LogP contribution in [-0.4, -0.2) is 24.2 Å². The van der Waals surface area contributed by atoms with Gasteiger partial charge in [0.05, 0.1) is 29.1 Å². The molecule has 0 atom stereocenters. The Bertz CT molecular complexity index is 1310. The number of hydrazone groups is 1. The molecule has 34 heavy (non-hydrogen) atoms. The van der Waals surface area contributed by atoms with Gasteiger partial charge in [-0.15, -0.1) is 11.3 Å². The first kappa shape index (κ1) is 23.8. The maximum Gasteiger partial charge on any atom is 0.271 e. The van der Waals surface area contributed by atoms with Crippen molar-refractivity contribution in [1.82, 2.24) is 10.4 Å². The van der Waals surface area contributed by atoms with Crippen LogP contribution in [0.15, 0.2) is 71.1 Å². The SMILES string of the molecule is COc1c(Cl)cc(/C=N\NC(=O)c2ccc(-c3csc(Nc4ccc(C)cc4)n3)cc2)cc1Cl. The average Bonchev–Trinajstić information content (AvgIpc) is 3.29. The van der Waals surface area contributed by atoms with E-state index in [0.717, 1.165) is 22.1 Å². The van der Waals surface area contributed by atoms with E-state index in [4.69, 9.17) is 27.9 Å². The van der Waals surface area contributed by atoms with Crippen LogP contribution in [-0.2, 0) is 0 Å². The average molecular weight is 511 g/mol. The van der Waals surface area contributed by atoms with E-state index in [-0.39, 0.29) is 5.91 Å². The van der Waals surface area contributed by atoms with E-state index < -0.39 is 0 Å². The number of thiazole rings is 1. The molecule has 4 aromatic rings. The molecular formula is C25H20Cl2N4O2S. The van der Waals surface area contributed by atoms with Crippen LogP contribution in [0.1, 0.15) is 21.5 Å². The van der Waals surface area contributed by atoms with Crippen LogP contribution in [0.25, 0.3) is 11.3 Å². The van der Waals surface area contributed by atoms with Gasteiger partial charge in [-0.05, 0) is 48.9 Å². The van der Waals surface area contributed by atoms with Crippen LogP contribution >= 0.6 is 34.5 Å². The predicted octanol–water partition coefficient (Wildman–Crippen LogP) is 6.94. The lowest BCUT2D eigenvalue weighted by molar-refractivity contribution is 0.0955. The summed E-state index contributed by atoms with van der Waals surface area (Å²) in [6.07, 6.45) is 1.46. The summed E-state index contributed by atoms with van der Waals surface area (Å²) < 4.78 is 5.12. The summed E-state index contributed by atoms with van der Waals surface area (Å²) in [4.78, 5) is 17.1. The highest BCUT2D eigenvalue weighted by atomic mass is 35.5. The standard InChI is InChI=1S/C25H20Cl2N4O2S/c1-15-3-9-19(10-4-15)29-25-30-22(14-34-25)17-5-7-18(8-6-17)24(32)31-28-13-16-11-20(26)23(33-2)21(27)12-16/h3-14H,1-2H3,(H,29,30)(H,31,32)/b28-13-. The van der Waals surface area contributed by atoms with Crippen molar-refractivity contribution < 1.29 is 9.53 Å². The van der Waals surface area contributed by atoms with Crippen molar-refractivity contribution >= 4 is 57.5 Å². The molecule has 0 fully saturated rings. The van der Waals surface area contributed by atoms with E-state index in [9.17, 15) is 4.79 Å². The van der Waals surface area contributed by atoms with Crippen molar-refractivity contribution in [2.75, 3.05) is 12.4 Å². The molecule has 9 heteroatoms. The summed E-state index contributed by atoms with van der Waals surface area (Å²) in [7, 11) is 1.49. The smallest absolute Gasteiger partial charge is 0.271 e. The lowest BCUT2D eigenvalue weighted by atomic mass is 10.1. The normalized spacial score (nSPS) is 10.9. The molecular weight excluding hydrogens is 491 g/mol. The van der Waals surface area contributed by atoms with Gasteiger partial charge >= 0.3 is 0 Å². The molecule has 0 unspecified atom stereocenters. The number of halogens is 2. The Morgan fingerprint density at radius 1 is 1.06 bits per heavy atom. The van der Waals surface area contributed by atoms with Gasteiger partial charge in [0.1, 0.15) is 0 Å². The van der Waals surface area contributed by atoms with E-state index in [1.54, 1.807) is 24.3 Å². The Morgan fingerprint density at radius 3 is 2.38 bits per heavy atom. The van der Waals surface area contributed by atoms with Crippen LogP contribution in [0, 0.1) is 6.92 Å². The van der Waals surface area contributed by atoms with E-state index in [2.05, 4.69) is 27.8 Å². The fourth-order valence-corrected chi connectivity index (χ4v) is 4.49. The van der Waals surface area contributed by atoms with Gasteiger partial charge in [0, 0.05) is 22.2 Å². The summed E-state index contributed by atoms with van der Waals surface area (Å²) in [5, 5.41) is 10.8. The predicted molar refractivity (Wildman–Crippen MR) is 140 cm³/mol. The zero-order chi connectivity index (χ0) is 24.1. The largest absolute Gasteiger partial charge is 0.494 e. The molecule has 172 valence electrons. The van der Waals surface area contributed by atoms with E-state index in [1.165, 1.54) is 30.2 Å². The fraction of sp³-hybridized carbons (Fsp3) is 0.0800. The Hall–Kier alpha value is -3.39. The second-order valence-electron chi connectivity index (χ2n) is 7.32. The van der Waals surface area contributed by atoms with Crippen molar-refractivity contribution in [3.05, 3.63) is 92.8 Å². The zero-order valence-corrected chi connectivity index (χ0v) is 20.6. The topological polar surface area (TPSA) is 75.6 Å². The van der Waals surface area contributed by atoms with Gasteiger partial charge in [-0.2, -0.15) is 5.10 Å². The number of hydrogen-bond donors (Lipinski definition) is 2. The minimum atomic E-state index is -0.339. The molecule has 0 aliphatic carbocycles. The molecule has 0 spiro atoms. The molecule has 4 rings (SSSR count). The number of carbonyl (C=O) groups excluding carboxylic acids is 1. The monoisotopic (exact) mass is 510 g/mol. The summed E-state index contributed by atoms with van der Waals surface area (Å²) in [5.74, 6) is 0.0521. The number of nitrogens with one attached hydrogen (secondary N) is 2. The number of anilines is 2. The van der Waals surface area contributed by atoms with Crippen molar-refractivity contribution in [2.45, 2.75) is 6.92 Å². The molecule has 0 saturated heterocycles. The number of methoxy groups -OCH3 is 1. The second-order valence-corrected chi connectivity index (χ2v) is 9.00. The Balaban J connectivity index is 1.38. The number of benzene rings is 3. The lowest BCUT2D eigenvalue weighted by Crippen LogP contribution is -2.17. The van der Waals surface area contributed by atoms with Crippen LogP contribution in [0.2, 0.25) is 10.0 Å². The number of nitrogens with zero attached hydrogens (tertiary/aromatic N) is 2. The molecule has 2 N–H and O–H groups in total. The molecule has 1 heterocycles. The third kappa shape index (κ3) is 5.75. The van der Waals surface area contributed by atoms with Crippen molar-refractivity contribution in [2.24, 2.45) is 5.10 Å². The number of rotatable bonds is 7. The molecule has 0 aliphatic heterocycles. The van der Waals surface area contributed by atoms with Gasteiger partial charge in [0.2, 0.25) is 0 Å². The number of aryl methyl sites for hydroxylation is 1. The van der Waals surface area contributed by atoms with E-state index in [1.807, 2.05) is 41.8 Å². The molecule has 6 nitrogen and oxygen atoms in total. The van der Waals surface area contributed by atoms with Crippen molar-refractivity contribution in [1.29, 1.82) is 0 Å². The van der Waals surface area contributed by atoms with Crippen LogP contribution in [0.4, 0.5) is 10.8 Å². The van der Waals surface area contributed by atoms with Gasteiger partial charge in [-0.1, -0.05) is 53.0 Å². The molecule has 3 aromatic carbocycles. The number of hydrogen-bond acceptors (Lipinski definition) is 6. The highest BCUT2D eigenvalue weighted by Gasteiger charge is 2.09. The Labute approximate surface area is 211 Å². The summed E-state index contributed by atoms with van der Waals surface area (Å²) in [6.45, 7) is 2.05. The minimum Gasteiger partial charge on any atom is -0.494 e. The maximum absolute atomic E-state index is 12.4. The van der Waals surface area contributed by atoms with Gasteiger partial charge in [-0.3, -0.25) is 4.79 Å². The third-order valence-electron chi connectivity index (χ3n) is 4.85. The Kier molecular flexibility index (Phi) is 7.47. The van der Waals surface area contributed by atoms with E-state index >= 15 is 0 Å². The fourth-order valence-electron chi connectivity index (χ4n) is 3.10. The first-order chi connectivity index (χ1) is 16.4. The first-order valence-electron chi connectivity index (χ1n) is 10.2. The second kappa shape index (κ2) is 10.7. The number of ether oxygens (including phenoxy) is 1. The lowest BCUT2D eigenvalue weighted by Gasteiger charge is -2.06. The van der Waals surface area contributed by atoms with Crippen LogP contribution in [0.3, 0.4) is 0 Å². The number of aromatic nitrogens is 1. The first-order valence-corrected chi connectivity index (χ1v) is 11.8. The maximum atomic E-state index is 12.4. The number of carbonyl (C=O) groups is 1.